The maximum Gasteiger partial charge on any atom is 0.333 e. The molecular weight excluding hydrogens is 456 g/mol. The van der Waals surface area contributed by atoms with Crippen LogP contribution in [0.1, 0.15) is 87.8 Å². The van der Waals surface area contributed by atoms with Crippen LogP contribution in [-0.2, 0) is 29.9 Å². The minimum atomic E-state index is -1.09. The number of hydrogen-bond donors (Lipinski definition) is 2. The molecule has 0 aliphatic heterocycles. The van der Waals surface area contributed by atoms with Crippen molar-refractivity contribution in [1.29, 1.82) is 0 Å². The Labute approximate surface area is 215 Å². The molecule has 0 saturated heterocycles. The summed E-state index contributed by atoms with van der Waals surface area (Å²) in [7, 11) is 0. The van der Waals surface area contributed by atoms with Gasteiger partial charge in [0.15, 0.2) is 0 Å². The van der Waals surface area contributed by atoms with Gasteiger partial charge < -0.3 is 19.7 Å². The number of esters is 2. The summed E-state index contributed by atoms with van der Waals surface area (Å²) in [4.78, 5) is 25.2. The molecule has 36 heavy (non-hydrogen) atoms. The van der Waals surface area contributed by atoms with E-state index in [4.69, 9.17) is 9.47 Å². The summed E-state index contributed by atoms with van der Waals surface area (Å²) >= 11 is 0. The molecular formula is C30H40O6. The Kier molecular flexibility index (Phi) is 8.66. The first-order valence-corrected chi connectivity index (χ1v) is 12.1. The number of rotatable bonds is 7. The molecule has 2 rings (SSSR count). The van der Waals surface area contributed by atoms with E-state index in [0.717, 1.165) is 11.1 Å². The molecule has 0 radical (unpaired) electrons. The van der Waals surface area contributed by atoms with Crippen molar-refractivity contribution in [2.75, 3.05) is 13.2 Å². The number of hydrogen-bond acceptors (Lipinski definition) is 6. The van der Waals surface area contributed by atoms with E-state index in [1.165, 1.54) is 6.92 Å². The Morgan fingerprint density at radius 2 is 1.19 bits per heavy atom. The van der Waals surface area contributed by atoms with Crippen molar-refractivity contribution < 1.29 is 29.3 Å². The van der Waals surface area contributed by atoms with Crippen LogP contribution in [0, 0.1) is 13.8 Å². The van der Waals surface area contributed by atoms with E-state index in [0.29, 0.717) is 22.3 Å². The van der Waals surface area contributed by atoms with Gasteiger partial charge >= 0.3 is 11.9 Å². The molecule has 0 unspecified atom stereocenters. The number of ether oxygens (including phenoxy) is 2. The highest BCUT2D eigenvalue weighted by Gasteiger charge is 2.34. The first kappa shape index (κ1) is 29.0. The number of carbonyl (C=O) groups excluding carboxylic acids is 2. The highest BCUT2D eigenvalue weighted by Crippen LogP contribution is 2.45. The molecule has 2 aromatic carbocycles. The van der Waals surface area contributed by atoms with Crippen LogP contribution in [0.4, 0.5) is 0 Å². The number of aryl methyl sites for hydroxylation is 2. The van der Waals surface area contributed by atoms with Crippen molar-refractivity contribution in [2.24, 2.45) is 0 Å². The van der Waals surface area contributed by atoms with Gasteiger partial charge in [0.2, 0.25) is 0 Å². The van der Waals surface area contributed by atoms with Crippen LogP contribution in [0.15, 0.2) is 36.4 Å². The fourth-order valence-corrected chi connectivity index (χ4v) is 4.10. The fraction of sp³-hybridized carbons (Fsp3) is 0.467. The largest absolute Gasteiger partial charge is 0.507 e. The minimum Gasteiger partial charge on any atom is -0.507 e. The van der Waals surface area contributed by atoms with Crippen LogP contribution in [0.3, 0.4) is 0 Å². The Bertz CT molecular complexity index is 1090. The lowest BCUT2D eigenvalue weighted by atomic mass is 9.78. The predicted octanol–water partition coefficient (Wildman–Crippen LogP) is 6.10. The lowest BCUT2D eigenvalue weighted by molar-refractivity contribution is -0.150. The number of phenols is 2. The van der Waals surface area contributed by atoms with Crippen molar-refractivity contribution in [2.45, 2.75) is 79.1 Å². The highest BCUT2D eigenvalue weighted by molar-refractivity contribution is 5.87. The van der Waals surface area contributed by atoms with Crippen LogP contribution in [0.25, 0.3) is 0 Å². The van der Waals surface area contributed by atoms with Gasteiger partial charge in [0, 0.05) is 16.7 Å². The molecule has 6 heteroatoms. The molecule has 0 spiro atoms. The lowest BCUT2D eigenvalue weighted by Crippen LogP contribution is -2.23. The van der Waals surface area contributed by atoms with Crippen molar-refractivity contribution in [3.05, 3.63) is 69.8 Å². The van der Waals surface area contributed by atoms with Crippen molar-refractivity contribution in [3.8, 4) is 11.5 Å². The van der Waals surface area contributed by atoms with Crippen LogP contribution >= 0.6 is 0 Å². The van der Waals surface area contributed by atoms with Crippen LogP contribution in [-0.4, -0.2) is 35.4 Å². The van der Waals surface area contributed by atoms with E-state index in [1.54, 1.807) is 12.1 Å². The topological polar surface area (TPSA) is 93.1 Å². The van der Waals surface area contributed by atoms with Gasteiger partial charge in [0.1, 0.15) is 30.6 Å². The number of carbonyl (C=O) groups is 2. The molecule has 0 amide bonds. The molecule has 0 fully saturated rings. The first-order chi connectivity index (χ1) is 16.4. The van der Waals surface area contributed by atoms with E-state index in [1.807, 2.05) is 67.5 Å². The zero-order valence-electron chi connectivity index (χ0n) is 23.0. The quantitative estimate of drug-likeness (QED) is 0.273. The molecule has 0 saturated carbocycles. The molecule has 0 aromatic heterocycles. The number of aromatic hydroxyl groups is 2. The van der Waals surface area contributed by atoms with Gasteiger partial charge in [-0.1, -0.05) is 83.5 Å². The third-order valence-corrected chi connectivity index (χ3v) is 5.95. The summed E-state index contributed by atoms with van der Waals surface area (Å²) in [5.41, 5.74) is 3.28. The summed E-state index contributed by atoms with van der Waals surface area (Å²) in [6, 6.07) is 7.29. The molecule has 0 atom stereocenters. The van der Waals surface area contributed by atoms with E-state index < -0.39 is 17.9 Å². The fourth-order valence-electron chi connectivity index (χ4n) is 4.10. The third kappa shape index (κ3) is 6.68. The molecule has 2 N–H and O–H groups in total. The Balaban J connectivity index is 2.67. The average Bonchev–Trinajstić information content (AvgIpc) is 2.73. The van der Waals surface area contributed by atoms with Gasteiger partial charge in [-0.3, -0.25) is 4.79 Å². The zero-order chi connectivity index (χ0) is 27.6. The lowest BCUT2D eigenvalue weighted by Gasteiger charge is -2.28. The zero-order valence-corrected chi connectivity index (χ0v) is 23.0. The smallest absolute Gasteiger partial charge is 0.333 e. The summed E-state index contributed by atoms with van der Waals surface area (Å²) in [6.07, 6.45) is 0. The first-order valence-electron chi connectivity index (χ1n) is 12.1. The van der Waals surface area contributed by atoms with Crippen molar-refractivity contribution in [3.63, 3.8) is 0 Å². The molecule has 0 aliphatic carbocycles. The summed E-state index contributed by atoms with van der Waals surface area (Å²) < 4.78 is 10.6. The highest BCUT2D eigenvalue weighted by atomic mass is 16.6. The third-order valence-electron chi connectivity index (χ3n) is 5.95. The minimum absolute atomic E-state index is 0.0121. The summed E-state index contributed by atoms with van der Waals surface area (Å²) in [5.74, 6) is -2.35. The van der Waals surface area contributed by atoms with E-state index in [2.05, 4.69) is 6.58 Å². The maximum atomic E-state index is 13.6. The van der Waals surface area contributed by atoms with Gasteiger partial charge in [-0.15, -0.1) is 0 Å². The number of phenolic OH excluding ortho intramolecular Hbond substituents is 2. The Morgan fingerprint density at radius 3 is 1.56 bits per heavy atom. The van der Waals surface area contributed by atoms with E-state index >= 15 is 0 Å². The SMILES string of the molecule is C=C(C)C(=O)OCCOC(=O)C(c1cc(C)cc(C(C)(C)C)c1O)c1cc(C)cc(C(C)(C)C)c1O. The second-order valence-corrected chi connectivity index (χ2v) is 11.5. The van der Waals surface area contributed by atoms with E-state index in [-0.39, 0.29) is 41.1 Å². The second-order valence-electron chi connectivity index (χ2n) is 11.5. The molecule has 196 valence electrons. The van der Waals surface area contributed by atoms with E-state index in [9.17, 15) is 19.8 Å². The van der Waals surface area contributed by atoms with Gasteiger partial charge in [0.25, 0.3) is 0 Å². The monoisotopic (exact) mass is 496 g/mol. The van der Waals surface area contributed by atoms with Gasteiger partial charge in [-0.25, -0.2) is 4.79 Å². The van der Waals surface area contributed by atoms with Crippen molar-refractivity contribution >= 4 is 11.9 Å². The Hall–Kier alpha value is -3.28. The van der Waals surface area contributed by atoms with Crippen LogP contribution in [0.2, 0.25) is 0 Å². The maximum absolute atomic E-state index is 13.6. The normalized spacial score (nSPS) is 11.9. The van der Waals surface area contributed by atoms with Gasteiger partial charge in [-0.2, -0.15) is 0 Å². The summed E-state index contributed by atoms with van der Waals surface area (Å²) in [6.45, 7) is 20.4. The average molecular weight is 497 g/mol. The summed E-state index contributed by atoms with van der Waals surface area (Å²) in [5, 5.41) is 22.7. The molecule has 6 nitrogen and oxygen atoms in total. The van der Waals surface area contributed by atoms with Gasteiger partial charge in [-0.05, 0) is 42.7 Å². The van der Waals surface area contributed by atoms with Crippen LogP contribution in [0.5, 0.6) is 11.5 Å². The molecule has 0 bridgehead atoms. The van der Waals surface area contributed by atoms with Gasteiger partial charge in [0.05, 0.1) is 0 Å². The molecule has 2 aromatic rings. The standard InChI is InChI=1S/C30H40O6/c1-17(2)27(33)35-11-12-36-28(34)24(20-13-18(3)15-22(25(20)31)29(5,6)7)21-14-19(4)16-23(26(21)32)30(8,9)10/h13-16,24,31-32H,1,11-12H2,2-10H3. The Morgan fingerprint density at radius 1 is 0.806 bits per heavy atom. The molecule has 0 aliphatic rings. The second kappa shape index (κ2) is 10.8. The predicted molar refractivity (Wildman–Crippen MR) is 142 cm³/mol. The number of benzene rings is 2. The van der Waals surface area contributed by atoms with Crippen LogP contribution < -0.4 is 0 Å². The molecule has 0 heterocycles. The van der Waals surface area contributed by atoms with Crippen molar-refractivity contribution in [1.82, 2.24) is 0 Å².